The molecule has 2 atom stereocenters. The van der Waals surface area contributed by atoms with E-state index in [1.807, 2.05) is 6.07 Å². The highest BCUT2D eigenvalue weighted by atomic mass is 16.5. The molecule has 0 radical (unpaired) electrons. The first-order chi connectivity index (χ1) is 9.83. The zero-order valence-electron chi connectivity index (χ0n) is 12.7. The summed E-state index contributed by atoms with van der Waals surface area (Å²) in [6, 6.07) is 4.35. The quantitative estimate of drug-likeness (QED) is 0.753. The molecule has 0 amide bonds. The Morgan fingerprint density at radius 1 is 1.45 bits per heavy atom. The molecule has 1 saturated heterocycles. The van der Waals surface area contributed by atoms with Gasteiger partial charge < -0.3 is 19.2 Å². The van der Waals surface area contributed by atoms with Crippen LogP contribution in [-0.2, 0) is 16.1 Å². The summed E-state index contributed by atoms with van der Waals surface area (Å²) in [4.78, 5) is 0. The minimum atomic E-state index is 0.282. The van der Waals surface area contributed by atoms with Crippen LogP contribution in [0.3, 0.4) is 0 Å². The monoisotopic (exact) mass is 281 g/mol. The van der Waals surface area contributed by atoms with E-state index in [9.17, 15) is 0 Å². The highest BCUT2D eigenvalue weighted by Gasteiger charge is 2.20. The lowest BCUT2D eigenvalue weighted by molar-refractivity contribution is 0.0985. The fraction of sp³-hybridized carbons (Fsp3) is 0.750. The molecule has 0 aliphatic carbocycles. The van der Waals surface area contributed by atoms with Crippen molar-refractivity contribution in [3.05, 3.63) is 23.7 Å². The molecule has 4 nitrogen and oxygen atoms in total. The molecule has 4 heteroatoms. The second-order valence-corrected chi connectivity index (χ2v) is 5.46. The van der Waals surface area contributed by atoms with Crippen molar-refractivity contribution in [2.45, 2.75) is 57.8 Å². The van der Waals surface area contributed by atoms with Crippen molar-refractivity contribution in [1.29, 1.82) is 0 Å². The van der Waals surface area contributed by atoms with Crippen molar-refractivity contribution in [3.63, 3.8) is 0 Å². The van der Waals surface area contributed by atoms with Gasteiger partial charge in [0.05, 0.1) is 12.1 Å². The van der Waals surface area contributed by atoms with E-state index in [1.54, 1.807) is 7.11 Å². The van der Waals surface area contributed by atoms with Crippen LogP contribution in [0, 0.1) is 0 Å². The van der Waals surface area contributed by atoms with Gasteiger partial charge in [0.15, 0.2) is 0 Å². The molecule has 20 heavy (non-hydrogen) atoms. The topological polar surface area (TPSA) is 43.6 Å². The third-order valence-electron chi connectivity index (χ3n) is 3.75. The highest BCUT2D eigenvalue weighted by Crippen LogP contribution is 2.25. The van der Waals surface area contributed by atoms with E-state index in [-0.39, 0.29) is 6.04 Å². The van der Waals surface area contributed by atoms with Gasteiger partial charge in [0.1, 0.15) is 18.1 Å². The SMILES string of the molecule is CCCNC(CCC1CCCO1)c1ccc(COC)o1. The van der Waals surface area contributed by atoms with E-state index < -0.39 is 0 Å². The molecule has 0 spiro atoms. The molecule has 2 heterocycles. The van der Waals surface area contributed by atoms with Gasteiger partial charge in [-0.3, -0.25) is 0 Å². The standard InChI is InChI=1S/C16H27NO3/c1-3-10-17-15(8-6-13-5-4-11-19-13)16-9-7-14(20-16)12-18-2/h7,9,13,15,17H,3-6,8,10-12H2,1-2H3. The molecule has 114 valence electrons. The van der Waals surface area contributed by atoms with E-state index in [1.165, 1.54) is 12.8 Å². The third-order valence-corrected chi connectivity index (χ3v) is 3.75. The second kappa shape index (κ2) is 8.45. The molecular formula is C16H27NO3. The Kier molecular flexibility index (Phi) is 6.57. The van der Waals surface area contributed by atoms with Crippen molar-refractivity contribution in [2.24, 2.45) is 0 Å². The predicted molar refractivity (Wildman–Crippen MR) is 78.7 cm³/mol. The van der Waals surface area contributed by atoms with Crippen LogP contribution in [0.25, 0.3) is 0 Å². The van der Waals surface area contributed by atoms with E-state index >= 15 is 0 Å². The van der Waals surface area contributed by atoms with Gasteiger partial charge >= 0.3 is 0 Å². The van der Waals surface area contributed by atoms with Crippen LogP contribution in [0.5, 0.6) is 0 Å². The molecule has 1 aliphatic rings. The maximum Gasteiger partial charge on any atom is 0.129 e. The number of hydrogen-bond donors (Lipinski definition) is 1. The number of ether oxygens (including phenoxy) is 2. The summed E-state index contributed by atoms with van der Waals surface area (Å²) in [6.45, 7) is 4.65. The molecule has 0 bridgehead atoms. The molecule has 2 rings (SSSR count). The van der Waals surface area contributed by atoms with Crippen LogP contribution in [0.15, 0.2) is 16.5 Å². The second-order valence-electron chi connectivity index (χ2n) is 5.46. The van der Waals surface area contributed by atoms with Gasteiger partial charge in [0, 0.05) is 13.7 Å². The van der Waals surface area contributed by atoms with E-state index in [0.29, 0.717) is 12.7 Å². The van der Waals surface area contributed by atoms with Crippen LogP contribution in [0.4, 0.5) is 0 Å². The Hall–Kier alpha value is -0.840. The molecule has 0 saturated carbocycles. The first-order valence-corrected chi connectivity index (χ1v) is 7.76. The fourth-order valence-electron chi connectivity index (χ4n) is 2.69. The molecule has 1 aromatic rings. The van der Waals surface area contributed by atoms with Crippen LogP contribution in [-0.4, -0.2) is 26.4 Å². The predicted octanol–water partition coefficient (Wildman–Crippen LogP) is 3.43. The van der Waals surface area contributed by atoms with Gasteiger partial charge in [-0.1, -0.05) is 6.92 Å². The lowest BCUT2D eigenvalue weighted by Gasteiger charge is -2.18. The van der Waals surface area contributed by atoms with Gasteiger partial charge in [0.25, 0.3) is 0 Å². The molecule has 1 aliphatic heterocycles. The number of hydrogen-bond acceptors (Lipinski definition) is 4. The molecular weight excluding hydrogens is 254 g/mol. The smallest absolute Gasteiger partial charge is 0.129 e. The molecule has 2 unspecified atom stereocenters. The summed E-state index contributed by atoms with van der Waals surface area (Å²) in [5.41, 5.74) is 0. The van der Waals surface area contributed by atoms with Gasteiger partial charge in [-0.05, 0) is 50.8 Å². The maximum atomic E-state index is 5.87. The Bertz CT molecular complexity index is 372. The number of nitrogens with one attached hydrogen (secondary N) is 1. The highest BCUT2D eigenvalue weighted by molar-refractivity contribution is 5.10. The summed E-state index contributed by atoms with van der Waals surface area (Å²) in [5, 5.41) is 3.57. The molecule has 1 N–H and O–H groups in total. The summed E-state index contributed by atoms with van der Waals surface area (Å²) in [7, 11) is 1.69. The van der Waals surface area contributed by atoms with Crippen LogP contribution in [0.1, 0.15) is 56.6 Å². The summed E-state index contributed by atoms with van der Waals surface area (Å²) in [5.74, 6) is 1.91. The Labute approximate surface area is 121 Å². The minimum absolute atomic E-state index is 0.282. The zero-order valence-corrected chi connectivity index (χ0v) is 12.7. The van der Waals surface area contributed by atoms with Crippen LogP contribution in [0.2, 0.25) is 0 Å². The van der Waals surface area contributed by atoms with Gasteiger partial charge in [-0.2, -0.15) is 0 Å². The molecule has 1 fully saturated rings. The first-order valence-electron chi connectivity index (χ1n) is 7.76. The summed E-state index contributed by atoms with van der Waals surface area (Å²) in [6.07, 6.45) is 6.13. The first kappa shape index (κ1) is 15.5. The Morgan fingerprint density at radius 3 is 3.05 bits per heavy atom. The number of methoxy groups -OCH3 is 1. The van der Waals surface area contributed by atoms with Crippen LogP contribution >= 0.6 is 0 Å². The lowest BCUT2D eigenvalue weighted by atomic mass is 10.0. The Balaban J connectivity index is 1.90. The number of rotatable bonds is 9. The molecule has 0 aromatic carbocycles. The van der Waals surface area contributed by atoms with Gasteiger partial charge in [-0.25, -0.2) is 0 Å². The minimum Gasteiger partial charge on any atom is -0.462 e. The van der Waals surface area contributed by atoms with Crippen molar-refractivity contribution in [2.75, 3.05) is 20.3 Å². The van der Waals surface area contributed by atoms with Crippen molar-refractivity contribution >= 4 is 0 Å². The third kappa shape index (κ3) is 4.62. The van der Waals surface area contributed by atoms with E-state index in [4.69, 9.17) is 13.9 Å². The van der Waals surface area contributed by atoms with Gasteiger partial charge in [-0.15, -0.1) is 0 Å². The van der Waals surface area contributed by atoms with Crippen molar-refractivity contribution in [3.8, 4) is 0 Å². The molecule has 1 aromatic heterocycles. The average molecular weight is 281 g/mol. The summed E-state index contributed by atoms with van der Waals surface area (Å²) < 4.78 is 16.7. The van der Waals surface area contributed by atoms with E-state index in [0.717, 1.165) is 43.9 Å². The fourth-order valence-corrected chi connectivity index (χ4v) is 2.69. The van der Waals surface area contributed by atoms with Gasteiger partial charge in [0.2, 0.25) is 0 Å². The van der Waals surface area contributed by atoms with Crippen molar-refractivity contribution < 1.29 is 13.9 Å². The van der Waals surface area contributed by atoms with E-state index in [2.05, 4.69) is 18.3 Å². The van der Waals surface area contributed by atoms with Crippen molar-refractivity contribution in [1.82, 2.24) is 5.32 Å². The number of furan rings is 1. The maximum absolute atomic E-state index is 5.87. The average Bonchev–Trinajstić information content (AvgIpc) is 3.11. The normalized spacial score (nSPS) is 20.4. The zero-order chi connectivity index (χ0) is 14.2. The Morgan fingerprint density at radius 2 is 2.35 bits per heavy atom. The summed E-state index contributed by atoms with van der Waals surface area (Å²) >= 11 is 0. The largest absolute Gasteiger partial charge is 0.462 e. The van der Waals surface area contributed by atoms with Crippen LogP contribution < -0.4 is 5.32 Å². The lowest BCUT2D eigenvalue weighted by Crippen LogP contribution is -2.23.